The Morgan fingerprint density at radius 3 is 2.44 bits per heavy atom. The number of hydrogen-bond acceptors (Lipinski definition) is 4. The Labute approximate surface area is 159 Å². The van der Waals surface area contributed by atoms with Crippen LogP contribution in [0.2, 0.25) is 0 Å². The number of ether oxygens (including phenoxy) is 1. The number of rotatable bonds is 7. The Balaban J connectivity index is 1.81. The summed E-state index contributed by atoms with van der Waals surface area (Å²) < 4.78 is 5.81. The molecule has 0 atom stereocenters. The molecule has 0 aliphatic rings. The van der Waals surface area contributed by atoms with Gasteiger partial charge in [0, 0.05) is 18.2 Å². The minimum Gasteiger partial charge on any atom is -0.491 e. The van der Waals surface area contributed by atoms with E-state index in [9.17, 15) is 14.9 Å². The Morgan fingerprint density at radius 1 is 1.15 bits per heavy atom. The minimum absolute atomic E-state index is 0.0179. The number of non-ortho nitro benzene ring substituents is 1. The molecule has 0 radical (unpaired) electrons. The van der Waals surface area contributed by atoms with Crippen LogP contribution < -0.4 is 10.1 Å². The van der Waals surface area contributed by atoms with Crippen LogP contribution in [0.1, 0.15) is 31.9 Å². The van der Waals surface area contributed by atoms with Gasteiger partial charge in [-0.25, -0.2) is 0 Å². The zero-order chi connectivity index (χ0) is 19.9. The molecular weight excluding hydrogens is 344 g/mol. The molecule has 0 bridgehead atoms. The number of nitrogens with one attached hydrogen (secondary N) is 1. The summed E-state index contributed by atoms with van der Waals surface area (Å²) in [6.07, 6.45) is 3.00. The van der Waals surface area contributed by atoms with Crippen LogP contribution in [-0.4, -0.2) is 24.0 Å². The minimum atomic E-state index is -0.460. The second-order valence-electron chi connectivity index (χ2n) is 7.07. The van der Waals surface area contributed by atoms with Crippen LogP contribution in [0.3, 0.4) is 0 Å². The lowest BCUT2D eigenvalue weighted by atomic mass is 9.86. The van der Waals surface area contributed by atoms with Gasteiger partial charge in [0.25, 0.3) is 5.69 Å². The highest BCUT2D eigenvalue weighted by Gasteiger charge is 2.18. The molecule has 0 aliphatic carbocycles. The van der Waals surface area contributed by atoms with Gasteiger partial charge in [0.15, 0.2) is 0 Å². The summed E-state index contributed by atoms with van der Waals surface area (Å²) in [6, 6.07) is 13.9. The number of para-hydroxylation sites is 1. The number of nitro groups is 1. The average molecular weight is 368 g/mol. The summed E-state index contributed by atoms with van der Waals surface area (Å²) in [5.74, 6) is 0.571. The van der Waals surface area contributed by atoms with Gasteiger partial charge in [-0.2, -0.15) is 0 Å². The van der Waals surface area contributed by atoms with Gasteiger partial charge in [0.1, 0.15) is 12.4 Å². The molecule has 142 valence electrons. The predicted octanol–water partition coefficient (Wildman–Crippen LogP) is 4.10. The first-order chi connectivity index (χ1) is 12.8. The van der Waals surface area contributed by atoms with E-state index in [1.807, 2.05) is 24.3 Å². The molecule has 6 nitrogen and oxygen atoms in total. The van der Waals surface area contributed by atoms with Crippen molar-refractivity contribution in [3.8, 4) is 5.75 Å². The van der Waals surface area contributed by atoms with Crippen molar-refractivity contribution in [2.45, 2.75) is 26.2 Å². The van der Waals surface area contributed by atoms with Crippen LogP contribution in [0, 0.1) is 10.1 Å². The molecule has 0 saturated heterocycles. The highest BCUT2D eigenvalue weighted by Crippen LogP contribution is 2.30. The third kappa shape index (κ3) is 6.26. The van der Waals surface area contributed by atoms with Crippen molar-refractivity contribution in [2.24, 2.45) is 0 Å². The van der Waals surface area contributed by atoms with E-state index in [4.69, 9.17) is 4.74 Å². The van der Waals surface area contributed by atoms with Gasteiger partial charge in [-0.05, 0) is 40.8 Å². The van der Waals surface area contributed by atoms with Crippen molar-refractivity contribution < 1.29 is 14.5 Å². The standard InChI is InChI=1S/C21H24N2O4/c1-21(2,3)18-6-4-5-7-19(18)27-15-14-22-20(24)13-10-16-8-11-17(12-9-16)23(25)26/h4-13H,14-15H2,1-3H3,(H,22,24)/b13-10+. The van der Waals surface area contributed by atoms with E-state index in [2.05, 4.69) is 26.1 Å². The first-order valence-corrected chi connectivity index (χ1v) is 8.70. The quantitative estimate of drug-likeness (QED) is 0.345. The fraction of sp³-hybridized carbons (Fsp3) is 0.286. The number of carbonyl (C=O) groups is 1. The lowest BCUT2D eigenvalue weighted by Gasteiger charge is -2.22. The summed E-state index contributed by atoms with van der Waals surface area (Å²) >= 11 is 0. The lowest BCUT2D eigenvalue weighted by molar-refractivity contribution is -0.384. The van der Waals surface area contributed by atoms with Crippen LogP contribution in [0.5, 0.6) is 5.75 Å². The van der Waals surface area contributed by atoms with Crippen molar-refractivity contribution in [1.82, 2.24) is 5.32 Å². The Morgan fingerprint density at radius 2 is 1.81 bits per heavy atom. The Hall–Kier alpha value is -3.15. The maximum atomic E-state index is 11.9. The van der Waals surface area contributed by atoms with Crippen molar-refractivity contribution in [2.75, 3.05) is 13.2 Å². The summed E-state index contributed by atoms with van der Waals surface area (Å²) in [4.78, 5) is 22.0. The molecule has 0 heterocycles. The summed E-state index contributed by atoms with van der Waals surface area (Å²) in [6.45, 7) is 7.12. The molecule has 2 aromatic rings. The van der Waals surface area contributed by atoms with E-state index in [1.54, 1.807) is 18.2 Å². The number of nitrogens with zero attached hydrogens (tertiary/aromatic N) is 1. The molecule has 2 rings (SSSR count). The zero-order valence-corrected chi connectivity index (χ0v) is 15.8. The highest BCUT2D eigenvalue weighted by molar-refractivity contribution is 5.91. The normalized spacial score (nSPS) is 11.4. The summed E-state index contributed by atoms with van der Waals surface area (Å²) in [7, 11) is 0. The smallest absolute Gasteiger partial charge is 0.269 e. The van der Waals surface area contributed by atoms with Gasteiger partial charge in [0.2, 0.25) is 5.91 Å². The van der Waals surface area contributed by atoms with Crippen LogP contribution in [0.15, 0.2) is 54.6 Å². The van der Waals surface area contributed by atoms with Crippen LogP contribution >= 0.6 is 0 Å². The highest BCUT2D eigenvalue weighted by atomic mass is 16.6. The van der Waals surface area contributed by atoms with Gasteiger partial charge >= 0.3 is 0 Å². The fourth-order valence-electron chi connectivity index (χ4n) is 2.49. The second kappa shape index (κ2) is 8.98. The predicted molar refractivity (Wildman–Crippen MR) is 106 cm³/mol. The Kier molecular flexibility index (Phi) is 6.71. The molecular formula is C21H24N2O4. The molecule has 0 unspecified atom stereocenters. The fourth-order valence-corrected chi connectivity index (χ4v) is 2.49. The van der Waals surface area contributed by atoms with Gasteiger partial charge in [-0.3, -0.25) is 14.9 Å². The number of hydrogen-bond donors (Lipinski definition) is 1. The molecule has 0 aliphatic heterocycles. The van der Waals surface area contributed by atoms with E-state index in [-0.39, 0.29) is 17.0 Å². The molecule has 0 fully saturated rings. The van der Waals surface area contributed by atoms with Gasteiger partial charge in [-0.15, -0.1) is 0 Å². The second-order valence-corrected chi connectivity index (χ2v) is 7.07. The van der Waals surface area contributed by atoms with Crippen molar-refractivity contribution in [3.63, 3.8) is 0 Å². The SMILES string of the molecule is CC(C)(C)c1ccccc1OCCNC(=O)/C=C/c1ccc([N+](=O)[O-])cc1. The molecule has 2 aromatic carbocycles. The number of benzene rings is 2. The van der Waals surface area contributed by atoms with Gasteiger partial charge in [0.05, 0.1) is 11.5 Å². The van der Waals surface area contributed by atoms with Crippen LogP contribution in [-0.2, 0) is 10.2 Å². The van der Waals surface area contributed by atoms with Crippen molar-refractivity contribution >= 4 is 17.7 Å². The third-order valence-corrected chi connectivity index (χ3v) is 3.88. The molecule has 6 heteroatoms. The first-order valence-electron chi connectivity index (χ1n) is 8.70. The first kappa shape index (κ1) is 20.2. The van der Waals surface area contributed by atoms with Gasteiger partial charge in [-0.1, -0.05) is 39.0 Å². The molecule has 1 N–H and O–H groups in total. The number of carbonyl (C=O) groups excluding carboxylic acids is 1. The maximum absolute atomic E-state index is 11.9. The van der Waals surface area contributed by atoms with E-state index in [0.717, 1.165) is 11.3 Å². The lowest BCUT2D eigenvalue weighted by Crippen LogP contribution is -2.26. The van der Waals surface area contributed by atoms with E-state index in [1.165, 1.54) is 18.2 Å². The zero-order valence-electron chi connectivity index (χ0n) is 15.8. The molecule has 0 saturated carbocycles. The van der Waals surface area contributed by atoms with Crippen molar-refractivity contribution in [3.05, 3.63) is 75.8 Å². The topological polar surface area (TPSA) is 81.5 Å². The number of nitro benzene ring substituents is 1. The third-order valence-electron chi connectivity index (χ3n) is 3.88. The summed E-state index contributed by atoms with van der Waals surface area (Å²) in [5.41, 5.74) is 1.83. The monoisotopic (exact) mass is 368 g/mol. The van der Waals surface area contributed by atoms with Crippen LogP contribution in [0.4, 0.5) is 5.69 Å². The van der Waals surface area contributed by atoms with Crippen molar-refractivity contribution in [1.29, 1.82) is 0 Å². The molecule has 0 aromatic heterocycles. The van der Waals surface area contributed by atoms with Crippen LogP contribution in [0.25, 0.3) is 6.08 Å². The largest absolute Gasteiger partial charge is 0.491 e. The van der Waals surface area contributed by atoms with E-state index < -0.39 is 4.92 Å². The summed E-state index contributed by atoms with van der Waals surface area (Å²) in [5, 5.41) is 13.4. The van der Waals surface area contributed by atoms with Gasteiger partial charge < -0.3 is 10.1 Å². The number of amides is 1. The Bertz CT molecular complexity index is 821. The average Bonchev–Trinajstić information content (AvgIpc) is 2.63. The molecule has 27 heavy (non-hydrogen) atoms. The van der Waals surface area contributed by atoms with E-state index >= 15 is 0 Å². The molecule has 1 amide bonds. The maximum Gasteiger partial charge on any atom is 0.269 e. The van der Waals surface area contributed by atoms with E-state index in [0.29, 0.717) is 18.7 Å². The molecule has 0 spiro atoms.